The van der Waals surface area contributed by atoms with Crippen LogP contribution < -0.4 is 0 Å². The summed E-state index contributed by atoms with van der Waals surface area (Å²) < 4.78 is 5.48. The van der Waals surface area contributed by atoms with Crippen LogP contribution >= 0.6 is 11.6 Å². The molecule has 0 N–H and O–H groups in total. The first kappa shape index (κ1) is 8.35. The molecule has 0 radical (unpaired) electrons. The van der Waals surface area contributed by atoms with E-state index in [0.29, 0.717) is 6.10 Å². The summed E-state index contributed by atoms with van der Waals surface area (Å²) in [6.07, 6.45) is 3.48. The van der Waals surface area contributed by atoms with E-state index in [1.807, 2.05) is 0 Å². The highest BCUT2D eigenvalue weighted by molar-refractivity contribution is 6.23. The highest BCUT2D eigenvalue weighted by atomic mass is 35.5. The predicted molar refractivity (Wildman–Crippen MR) is 43.5 cm³/mol. The molecule has 0 bridgehead atoms. The van der Waals surface area contributed by atoms with Crippen LogP contribution in [0, 0.1) is 0 Å². The molecule has 0 aromatic carbocycles. The SMILES string of the molecule is CCC1CC(C)(Cl)CCO1. The zero-order valence-electron chi connectivity index (χ0n) is 6.69. The second-order valence-corrected chi connectivity index (χ2v) is 4.18. The van der Waals surface area contributed by atoms with E-state index in [1.54, 1.807) is 0 Å². The van der Waals surface area contributed by atoms with Gasteiger partial charge < -0.3 is 4.74 Å². The van der Waals surface area contributed by atoms with Crippen molar-refractivity contribution in [1.29, 1.82) is 0 Å². The van der Waals surface area contributed by atoms with Gasteiger partial charge in [-0.2, -0.15) is 0 Å². The van der Waals surface area contributed by atoms with Crippen LogP contribution in [0.4, 0.5) is 0 Å². The summed E-state index contributed by atoms with van der Waals surface area (Å²) in [4.78, 5) is -0.00106. The quantitative estimate of drug-likeness (QED) is 0.539. The fourth-order valence-electron chi connectivity index (χ4n) is 1.34. The molecule has 2 atom stereocenters. The third kappa shape index (κ3) is 2.14. The Bertz CT molecular complexity index is 112. The van der Waals surface area contributed by atoms with E-state index in [2.05, 4.69) is 13.8 Å². The van der Waals surface area contributed by atoms with Crippen molar-refractivity contribution >= 4 is 11.6 Å². The van der Waals surface area contributed by atoms with Crippen molar-refractivity contribution in [2.24, 2.45) is 0 Å². The Hall–Kier alpha value is 0.250. The normalized spacial score (nSPS) is 41.7. The van der Waals surface area contributed by atoms with Gasteiger partial charge in [0.25, 0.3) is 0 Å². The van der Waals surface area contributed by atoms with Gasteiger partial charge in [-0.3, -0.25) is 0 Å². The Morgan fingerprint density at radius 1 is 1.70 bits per heavy atom. The molecular formula is C8H15ClO. The molecule has 1 saturated heterocycles. The van der Waals surface area contributed by atoms with Crippen LogP contribution in [-0.2, 0) is 4.74 Å². The molecule has 1 fully saturated rings. The molecule has 0 spiro atoms. The van der Waals surface area contributed by atoms with Gasteiger partial charge in [-0.15, -0.1) is 11.6 Å². The summed E-state index contributed by atoms with van der Waals surface area (Å²) in [6, 6.07) is 0. The first-order valence-electron chi connectivity index (χ1n) is 3.94. The predicted octanol–water partition coefficient (Wildman–Crippen LogP) is 2.57. The third-order valence-corrected chi connectivity index (χ3v) is 2.43. The summed E-state index contributed by atoms with van der Waals surface area (Å²) in [5.74, 6) is 0. The Labute approximate surface area is 67.7 Å². The van der Waals surface area contributed by atoms with E-state index < -0.39 is 0 Å². The summed E-state index contributed by atoms with van der Waals surface area (Å²) in [5.41, 5.74) is 0. The van der Waals surface area contributed by atoms with Gasteiger partial charge in [0.05, 0.1) is 6.10 Å². The number of rotatable bonds is 1. The molecule has 1 nitrogen and oxygen atoms in total. The lowest BCUT2D eigenvalue weighted by Crippen LogP contribution is -2.33. The first-order valence-corrected chi connectivity index (χ1v) is 4.32. The molecule has 1 aliphatic rings. The minimum absolute atomic E-state index is 0.00106. The Morgan fingerprint density at radius 3 is 2.80 bits per heavy atom. The van der Waals surface area contributed by atoms with Crippen LogP contribution in [0.25, 0.3) is 0 Å². The van der Waals surface area contributed by atoms with Crippen LogP contribution in [0.3, 0.4) is 0 Å². The van der Waals surface area contributed by atoms with E-state index in [4.69, 9.17) is 16.3 Å². The first-order chi connectivity index (χ1) is 4.64. The van der Waals surface area contributed by atoms with Crippen LogP contribution in [0.2, 0.25) is 0 Å². The van der Waals surface area contributed by atoms with Crippen molar-refractivity contribution in [3.8, 4) is 0 Å². The number of alkyl halides is 1. The number of hydrogen-bond donors (Lipinski definition) is 0. The van der Waals surface area contributed by atoms with Gasteiger partial charge in [-0.05, 0) is 26.2 Å². The standard InChI is InChI=1S/C8H15ClO/c1-3-7-6-8(2,9)4-5-10-7/h7H,3-6H2,1-2H3. The largest absolute Gasteiger partial charge is 0.378 e. The van der Waals surface area contributed by atoms with E-state index in [0.717, 1.165) is 25.9 Å². The second kappa shape index (κ2) is 3.10. The van der Waals surface area contributed by atoms with Gasteiger partial charge in [0.2, 0.25) is 0 Å². The van der Waals surface area contributed by atoms with Gasteiger partial charge in [-0.25, -0.2) is 0 Å². The van der Waals surface area contributed by atoms with Gasteiger partial charge in [0.15, 0.2) is 0 Å². The van der Waals surface area contributed by atoms with Crippen molar-refractivity contribution in [2.75, 3.05) is 6.61 Å². The molecule has 2 heteroatoms. The highest BCUT2D eigenvalue weighted by Crippen LogP contribution is 2.31. The maximum absolute atomic E-state index is 6.17. The average molecular weight is 163 g/mol. The monoisotopic (exact) mass is 162 g/mol. The van der Waals surface area contributed by atoms with E-state index >= 15 is 0 Å². The zero-order valence-corrected chi connectivity index (χ0v) is 7.45. The van der Waals surface area contributed by atoms with Gasteiger partial charge in [0, 0.05) is 11.5 Å². The van der Waals surface area contributed by atoms with Crippen molar-refractivity contribution in [3.63, 3.8) is 0 Å². The fourth-order valence-corrected chi connectivity index (χ4v) is 1.59. The topological polar surface area (TPSA) is 9.23 Å². The van der Waals surface area contributed by atoms with Crippen molar-refractivity contribution in [2.45, 2.75) is 44.1 Å². The molecule has 2 unspecified atom stereocenters. The van der Waals surface area contributed by atoms with Crippen LogP contribution in [0.1, 0.15) is 33.1 Å². The highest BCUT2D eigenvalue weighted by Gasteiger charge is 2.29. The molecule has 1 aliphatic heterocycles. The maximum atomic E-state index is 6.17. The molecule has 0 aromatic rings. The molecule has 1 heterocycles. The Morgan fingerprint density at radius 2 is 2.40 bits per heavy atom. The van der Waals surface area contributed by atoms with Crippen molar-refractivity contribution in [3.05, 3.63) is 0 Å². The average Bonchev–Trinajstić information content (AvgIpc) is 1.86. The lowest BCUT2D eigenvalue weighted by atomic mass is 9.95. The summed E-state index contributed by atoms with van der Waals surface area (Å²) >= 11 is 6.17. The third-order valence-electron chi connectivity index (χ3n) is 2.09. The smallest absolute Gasteiger partial charge is 0.0589 e. The Kier molecular flexibility index (Phi) is 2.59. The summed E-state index contributed by atoms with van der Waals surface area (Å²) in [6.45, 7) is 5.07. The molecule has 0 aromatic heterocycles. The number of halogens is 1. The molecule has 0 saturated carbocycles. The lowest BCUT2D eigenvalue weighted by Gasteiger charge is -2.32. The minimum Gasteiger partial charge on any atom is -0.378 e. The minimum atomic E-state index is -0.00106. The molecule has 1 rings (SSSR count). The Balaban J connectivity index is 2.40. The lowest BCUT2D eigenvalue weighted by molar-refractivity contribution is 0.000411. The molecule has 60 valence electrons. The van der Waals surface area contributed by atoms with Gasteiger partial charge >= 0.3 is 0 Å². The second-order valence-electron chi connectivity index (χ2n) is 3.27. The van der Waals surface area contributed by atoms with Crippen molar-refractivity contribution < 1.29 is 4.74 Å². The summed E-state index contributed by atoms with van der Waals surface area (Å²) in [7, 11) is 0. The molecule has 0 amide bonds. The van der Waals surface area contributed by atoms with Gasteiger partial charge in [-0.1, -0.05) is 6.92 Å². The van der Waals surface area contributed by atoms with Crippen LogP contribution in [0.15, 0.2) is 0 Å². The van der Waals surface area contributed by atoms with Crippen molar-refractivity contribution in [1.82, 2.24) is 0 Å². The van der Waals surface area contributed by atoms with E-state index in [9.17, 15) is 0 Å². The number of hydrogen-bond acceptors (Lipinski definition) is 1. The maximum Gasteiger partial charge on any atom is 0.0589 e. The molecule has 10 heavy (non-hydrogen) atoms. The van der Waals surface area contributed by atoms with Gasteiger partial charge in [0.1, 0.15) is 0 Å². The van der Waals surface area contributed by atoms with E-state index in [-0.39, 0.29) is 4.87 Å². The summed E-state index contributed by atoms with van der Waals surface area (Å²) in [5, 5.41) is 0. The van der Waals surface area contributed by atoms with E-state index in [1.165, 1.54) is 0 Å². The molecular weight excluding hydrogens is 148 g/mol. The van der Waals surface area contributed by atoms with Crippen LogP contribution in [-0.4, -0.2) is 17.6 Å². The fraction of sp³-hybridized carbons (Fsp3) is 1.00. The molecule has 0 aliphatic carbocycles. The zero-order chi connectivity index (χ0) is 7.61. The van der Waals surface area contributed by atoms with Crippen LogP contribution in [0.5, 0.6) is 0 Å². The number of ether oxygens (including phenoxy) is 1.